The van der Waals surface area contributed by atoms with Crippen LogP contribution in [0.5, 0.6) is 0 Å². The molecule has 20 heavy (non-hydrogen) atoms. The lowest BCUT2D eigenvalue weighted by Crippen LogP contribution is -2.00. The molecule has 6 heteroatoms. The van der Waals surface area contributed by atoms with Crippen LogP contribution in [-0.2, 0) is 4.79 Å². The van der Waals surface area contributed by atoms with Gasteiger partial charge in [-0.3, -0.25) is 0 Å². The largest absolute Gasteiger partial charge is 0.300 e. The summed E-state index contributed by atoms with van der Waals surface area (Å²) >= 11 is 1.58. The Labute approximate surface area is 122 Å². The van der Waals surface area contributed by atoms with Crippen molar-refractivity contribution in [1.82, 2.24) is 20.2 Å². The van der Waals surface area contributed by atoms with Crippen LogP contribution in [0.1, 0.15) is 30.9 Å². The van der Waals surface area contributed by atoms with Crippen molar-refractivity contribution in [3.05, 3.63) is 29.3 Å². The monoisotopic (exact) mass is 290 g/mol. The maximum absolute atomic E-state index is 10.9. The summed E-state index contributed by atoms with van der Waals surface area (Å²) in [6.07, 6.45) is 1.46. The van der Waals surface area contributed by atoms with Crippen molar-refractivity contribution in [1.29, 1.82) is 0 Å². The van der Waals surface area contributed by atoms with Gasteiger partial charge in [0.05, 0.1) is 5.69 Å². The Hall–Kier alpha value is -1.69. The molecule has 0 fully saturated rings. The first-order valence-electron chi connectivity index (χ1n) is 6.56. The third-order valence-corrected chi connectivity index (χ3v) is 4.09. The van der Waals surface area contributed by atoms with E-state index in [0.717, 1.165) is 23.0 Å². The number of hydrogen-bond donors (Lipinski definition) is 0. The Morgan fingerprint density at radius 2 is 2.10 bits per heavy atom. The van der Waals surface area contributed by atoms with Gasteiger partial charge in [0.25, 0.3) is 0 Å². The van der Waals surface area contributed by atoms with Crippen molar-refractivity contribution in [2.45, 2.75) is 38.8 Å². The highest BCUT2D eigenvalue weighted by Crippen LogP contribution is 2.20. The van der Waals surface area contributed by atoms with Crippen LogP contribution in [0.25, 0.3) is 5.69 Å². The molecule has 1 heterocycles. The molecule has 0 spiro atoms. The fourth-order valence-corrected chi connectivity index (χ4v) is 2.60. The zero-order valence-electron chi connectivity index (χ0n) is 12.0. The number of nitrogens with zero attached hydrogens (tertiary/aromatic N) is 4. The van der Waals surface area contributed by atoms with Crippen molar-refractivity contribution in [2.75, 3.05) is 5.75 Å². The van der Waals surface area contributed by atoms with Crippen LogP contribution in [-0.4, -0.2) is 31.7 Å². The minimum Gasteiger partial charge on any atom is -0.300 e. The van der Waals surface area contributed by atoms with Crippen LogP contribution in [0.4, 0.5) is 0 Å². The molecule has 2 aromatic rings. The number of thioether (sulfide) groups is 1. The predicted molar refractivity (Wildman–Crippen MR) is 79.3 cm³/mol. The summed E-state index contributed by atoms with van der Waals surface area (Å²) in [5.41, 5.74) is 3.43. The van der Waals surface area contributed by atoms with E-state index >= 15 is 0 Å². The van der Waals surface area contributed by atoms with Crippen LogP contribution in [0.3, 0.4) is 0 Å². The summed E-state index contributed by atoms with van der Waals surface area (Å²) < 4.78 is 1.74. The van der Waals surface area contributed by atoms with Crippen molar-refractivity contribution >= 4 is 17.5 Å². The van der Waals surface area contributed by atoms with Crippen LogP contribution in [0.2, 0.25) is 0 Å². The molecule has 0 aliphatic heterocycles. The molecule has 0 N–H and O–H groups in total. The molecule has 0 atom stereocenters. The molecule has 0 unspecified atom stereocenters. The number of hydrogen-bond acceptors (Lipinski definition) is 5. The van der Waals surface area contributed by atoms with Gasteiger partial charge in [-0.15, -0.1) is 5.10 Å². The molecule has 0 saturated carbocycles. The smallest absolute Gasteiger partial charge is 0.214 e. The number of carbonyl (C=O) groups is 1. The maximum Gasteiger partial charge on any atom is 0.214 e. The third kappa shape index (κ3) is 3.66. The van der Waals surface area contributed by atoms with Crippen molar-refractivity contribution in [2.24, 2.45) is 0 Å². The highest BCUT2D eigenvalue weighted by molar-refractivity contribution is 7.99. The van der Waals surface area contributed by atoms with Gasteiger partial charge in [-0.25, -0.2) is 0 Å². The molecule has 0 aliphatic carbocycles. The number of aromatic nitrogens is 4. The summed E-state index contributed by atoms with van der Waals surface area (Å²) in [7, 11) is 0. The number of rotatable bonds is 6. The lowest BCUT2D eigenvalue weighted by molar-refractivity contribution is -0.117. The first kappa shape index (κ1) is 14.7. The van der Waals surface area contributed by atoms with Crippen molar-refractivity contribution in [3.63, 3.8) is 0 Å². The fourth-order valence-electron chi connectivity index (χ4n) is 1.77. The number of aryl methyl sites for hydroxylation is 2. The van der Waals surface area contributed by atoms with Gasteiger partial charge in [0, 0.05) is 12.2 Å². The summed E-state index contributed by atoms with van der Waals surface area (Å²) in [6.45, 7) is 5.77. The fraction of sp³-hybridized carbons (Fsp3) is 0.429. The van der Waals surface area contributed by atoms with E-state index in [1.165, 1.54) is 11.1 Å². The Kier molecular flexibility index (Phi) is 4.89. The first-order valence-corrected chi connectivity index (χ1v) is 7.54. The van der Waals surface area contributed by atoms with Gasteiger partial charge in [-0.2, -0.15) is 4.68 Å². The lowest BCUT2D eigenvalue weighted by Gasteiger charge is -2.06. The normalized spacial score (nSPS) is 10.8. The van der Waals surface area contributed by atoms with Crippen LogP contribution in [0, 0.1) is 13.8 Å². The van der Waals surface area contributed by atoms with E-state index in [-0.39, 0.29) is 5.78 Å². The second kappa shape index (κ2) is 6.65. The van der Waals surface area contributed by atoms with Gasteiger partial charge < -0.3 is 4.79 Å². The van der Waals surface area contributed by atoms with Crippen molar-refractivity contribution in [3.8, 4) is 5.69 Å². The standard InChI is InChI=1S/C14H18N4OS/c1-10-6-7-13(9-11(10)2)18-14(15-16-17-18)20-8-4-5-12(3)19/h6-7,9H,4-5,8H2,1-3H3. The Bertz CT molecular complexity index is 609. The molecular weight excluding hydrogens is 272 g/mol. The summed E-state index contributed by atoms with van der Waals surface area (Å²) in [5, 5.41) is 12.6. The van der Waals surface area contributed by atoms with E-state index in [1.807, 2.05) is 6.07 Å². The van der Waals surface area contributed by atoms with E-state index in [2.05, 4.69) is 41.5 Å². The van der Waals surface area contributed by atoms with E-state index < -0.39 is 0 Å². The quantitative estimate of drug-likeness (QED) is 0.604. The molecule has 2 rings (SSSR count). The molecule has 0 aliphatic rings. The average Bonchev–Trinajstić information content (AvgIpc) is 2.86. The van der Waals surface area contributed by atoms with Gasteiger partial charge in [-0.1, -0.05) is 17.8 Å². The van der Waals surface area contributed by atoms with E-state index in [0.29, 0.717) is 6.42 Å². The predicted octanol–water partition coefficient (Wildman–Crippen LogP) is 2.74. The molecule has 0 amide bonds. The van der Waals surface area contributed by atoms with Gasteiger partial charge >= 0.3 is 0 Å². The Morgan fingerprint density at radius 3 is 2.80 bits per heavy atom. The Balaban J connectivity index is 2.08. The third-order valence-electron chi connectivity index (χ3n) is 3.08. The molecule has 0 saturated heterocycles. The van der Waals surface area contributed by atoms with Gasteiger partial charge in [0.1, 0.15) is 5.78 Å². The van der Waals surface area contributed by atoms with Crippen molar-refractivity contribution < 1.29 is 4.79 Å². The minimum atomic E-state index is 0.222. The number of tetrazole rings is 1. The zero-order valence-corrected chi connectivity index (χ0v) is 12.8. The van der Waals surface area contributed by atoms with E-state index in [4.69, 9.17) is 0 Å². The summed E-state index contributed by atoms with van der Waals surface area (Å²) in [6, 6.07) is 6.15. The molecule has 0 radical (unpaired) electrons. The topological polar surface area (TPSA) is 60.7 Å². The van der Waals surface area contributed by atoms with E-state index in [1.54, 1.807) is 23.4 Å². The highest BCUT2D eigenvalue weighted by Gasteiger charge is 2.09. The van der Waals surface area contributed by atoms with Crippen LogP contribution >= 0.6 is 11.8 Å². The van der Waals surface area contributed by atoms with Gasteiger partial charge in [0.15, 0.2) is 0 Å². The second-order valence-corrected chi connectivity index (χ2v) is 5.86. The highest BCUT2D eigenvalue weighted by atomic mass is 32.2. The molecule has 1 aromatic carbocycles. The summed E-state index contributed by atoms with van der Waals surface area (Å²) in [4.78, 5) is 10.9. The SMILES string of the molecule is CC(=O)CCCSc1nnnn1-c1ccc(C)c(C)c1. The number of ketones is 1. The first-order chi connectivity index (χ1) is 9.58. The van der Waals surface area contributed by atoms with Crippen LogP contribution < -0.4 is 0 Å². The Morgan fingerprint density at radius 1 is 1.30 bits per heavy atom. The van der Waals surface area contributed by atoms with E-state index in [9.17, 15) is 4.79 Å². The average molecular weight is 290 g/mol. The number of carbonyl (C=O) groups excluding carboxylic acids is 1. The maximum atomic E-state index is 10.9. The molecule has 106 valence electrons. The molecule has 1 aromatic heterocycles. The van der Waals surface area contributed by atoms with Gasteiger partial charge in [0.2, 0.25) is 5.16 Å². The molecule has 5 nitrogen and oxygen atoms in total. The molecule has 0 bridgehead atoms. The van der Waals surface area contributed by atoms with Crippen LogP contribution in [0.15, 0.2) is 23.4 Å². The lowest BCUT2D eigenvalue weighted by atomic mass is 10.1. The minimum absolute atomic E-state index is 0.222. The second-order valence-electron chi connectivity index (χ2n) is 4.80. The summed E-state index contributed by atoms with van der Waals surface area (Å²) in [5.74, 6) is 1.06. The van der Waals surface area contributed by atoms with Gasteiger partial charge in [-0.05, 0) is 60.9 Å². The number of Topliss-reactive ketones (excluding diaryl/α,β-unsaturated/α-hetero) is 1. The zero-order chi connectivity index (χ0) is 14.5. The number of benzene rings is 1. The molecular formula is C14H18N4OS.